The molecule has 110 valence electrons. The minimum atomic E-state index is 0.301. The molecule has 1 atom stereocenters. The van der Waals surface area contributed by atoms with Gasteiger partial charge in [0.2, 0.25) is 0 Å². The molecule has 1 N–H and O–H groups in total. The number of fused-ring (bicyclic) bond motifs is 1. The van der Waals surface area contributed by atoms with Crippen LogP contribution in [0.4, 0.5) is 5.69 Å². The van der Waals surface area contributed by atoms with Crippen LogP contribution in [0, 0.1) is 13.8 Å². The fourth-order valence-electron chi connectivity index (χ4n) is 2.87. The Morgan fingerprint density at radius 3 is 2.81 bits per heavy atom. The Labute approximate surface area is 134 Å². The van der Waals surface area contributed by atoms with Crippen molar-refractivity contribution < 1.29 is 4.74 Å². The van der Waals surface area contributed by atoms with E-state index in [0.717, 1.165) is 29.7 Å². The van der Waals surface area contributed by atoms with E-state index in [9.17, 15) is 0 Å². The third-order valence-corrected chi connectivity index (χ3v) is 4.96. The number of halogens is 1. The predicted octanol–water partition coefficient (Wildman–Crippen LogP) is 5.39. The van der Waals surface area contributed by atoms with E-state index < -0.39 is 0 Å². The van der Waals surface area contributed by atoms with Crippen LogP contribution in [0.3, 0.4) is 0 Å². The lowest BCUT2D eigenvalue weighted by Gasteiger charge is -2.22. The molecule has 0 aromatic heterocycles. The molecule has 21 heavy (non-hydrogen) atoms. The number of rotatable bonds is 2. The van der Waals surface area contributed by atoms with E-state index in [4.69, 9.17) is 4.74 Å². The highest BCUT2D eigenvalue weighted by molar-refractivity contribution is 9.10. The maximum Gasteiger partial charge on any atom is 0.127 e. The predicted molar refractivity (Wildman–Crippen MR) is 91.2 cm³/mol. The normalized spacial score (nSPS) is 17.6. The van der Waals surface area contributed by atoms with E-state index in [-0.39, 0.29) is 0 Å². The molecule has 0 spiro atoms. The van der Waals surface area contributed by atoms with Gasteiger partial charge in [-0.15, -0.1) is 0 Å². The average Bonchev–Trinajstić information content (AvgIpc) is 2.68. The zero-order valence-corrected chi connectivity index (χ0v) is 14.0. The number of benzene rings is 2. The lowest BCUT2D eigenvalue weighted by molar-refractivity contribution is 0.314. The van der Waals surface area contributed by atoms with Crippen LogP contribution in [-0.2, 0) is 0 Å². The monoisotopic (exact) mass is 345 g/mol. The second-order valence-electron chi connectivity index (χ2n) is 5.59. The van der Waals surface area contributed by atoms with E-state index in [0.29, 0.717) is 6.04 Å². The van der Waals surface area contributed by atoms with Gasteiger partial charge in [-0.1, -0.05) is 40.2 Å². The van der Waals surface area contributed by atoms with Gasteiger partial charge in [0, 0.05) is 15.7 Å². The fraction of sp³-hybridized carbons (Fsp3) is 0.333. The summed E-state index contributed by atoms with van der Waals surface area (Å²) in [7, 11) is 0. The highest BCUT2D eigenvalue weighted by atomic mass is 79.9. The number of hydrogen-bond donors (Lipinski definition) is 1. The van der Waals surface area contributed by atoms with Gasteiger partial charge < -0.3 is 10.1 Å². The maximum absolute atomic E-state index is 5.95. The van der Waals surface area contributed by atoms with Crippen LogP contribution in [0.25, 0.3) is 0 Å². The Morgan fingerprint density at radius 2 is 1.95 bits per heavy atom. The summed E-state index contributed by atoms with van der Waals surface area (Å²) in [4.78, 5) is 0. The molecular weight excluding hydrogens is 326 g/mol. The van der Waals surface area contributed by atoms with Crippen molar-refractivity contribution in [2.45, 2.75) is 32.7 Å². The first-order chi connectivity index (χ1) is 10.2. The molecule has 0 radical (unpaired) electrons. The van der Waals surface area contributed by atoms with Gasteiger partial charge in [0.1, 0.15) is 5.75 Å². The van der Waals surface area contributed by atoms with Crippen molar-refractivity contribution in [2.75, 3.05) is 11.9 Å². The molecule has 1 unspecified atom stereocenters. The Morgan fingerprint density at radius 1 is 1.14 bits per heavy atom. The summed E-state index contributed by atoms with van der Waals surface area (Å²) in [5.74, 6) is 1.06. The molecular formula is C18H20BrNO. The van der Waals surface area contributed by atoms with Crippen LogP contribution < -0.4 is 10.1 Å². The van der Waals surface area contributed by atoms with E-state index in [1.165, 1.54) is 22.4 Å². The van der Waals surface area contributed by atoms with Crippen molar-refractivity contribution in [2.24, 2.45) is 0 Å². The summed E-state index contributed by atoms with van der Waals surface area (Å²) in [6.45, 7) is 5.05. The van der Waals surface area contributed by atoms with E-state index >= 15 is 0 Å². The molecule has 0 amide bonds. The van der Waals surface area contributed by atoms with E-state index in [2.05, 4.69) is 71.5 Å². The van der Waals surface area contributed by atoms with Crippen molar-refractivity contribution in [3.8, 4) is 5.75 Å². The highest BCUT2D eigenvalue weighted by Crippen LogP contribution is 2.37. The van der Waals surface area contributed by atoms with E-state index in [1.807, 2.05) is 0 Å². The number of ether oxygens (including phenoxy) is 1. The largest absolute Gasteiger partial charge is 0.493 e. The van der Waals surface area contributed by atoms with Crippen molar-refractivity contribution in [1.29, 1.82) is 0 Å². The summed E-state index contributed by atoms with van der Waals surface area (Å²) in [5.41, 5.74) is 4.92. The van der Waals surface area contributed by atoms with Gasteiger partial charge in [-0.05, 0) is 49.9 Å². The van der Waals surface area contributed by atoms with Crippen molar-refractivity contribution in [3.05, 3.63) is 57.6 Å². The molecule has 0 fully saturated rings. The van der Waals surface area contributed by atoms with Gasteiger partial charge in [0.15, 0.2) is 0 Å². The zero-order chi connectivity index (χ0) is 14.8. The van der Waals surface area contributed by atoms with Crippen molar-refractivity contribution in [1.82, 2.24) is 0 Å². The maximum atomic E-state index is 5.95. The molecule has 2 aromatic carbocycles. The number of para-hydroxylation sites is 1. The number of anilines is 1. The summed E-state index contributed by atoms with van der Waals surface area (Å²) < 4.78 is 7.09. The fourth-order valence-corrected chi connectivity index (χ4v) is 3.23. The molecule has 2 aromatic rings. The smallest absolute Gasteiger partial charge is 0.127 e. The lowest BCUT2D eigenvalue weighted by atomic mass is 9.99. The third-order valence-electron chi connectivity index (χ3n) is 4.10. The summed E-state index contributed by atoms with van der Waals surface area (Å²) in [6.07, 6.45) is 2.15. The zero-order valence-electron chi connectivity index (χ0n) is 12.4. The Hall–Kier alpha value is -1.48. The van der Waals surface area contributed by atoms with Crippen LogP contribution in [0.1, 0.15) is 35.6 Å². The van der Waals surface area contributed by atoms with Gasteiger partial charge in [0.05, 0.1) is 12.6 Å². The van der Waals surface area contributed by atoms with Crippen LogP contribution in [0.2, 0.25) is 0 Å². The summed E-state index contributed by atoms with van der Waals surface area (Å²) in [5, 5.41) is 3.70. The molecule has 3 heteroatoms. The Balaban J connectivity index is 1.96. The first kappa shape index (κ1) is 14.5. The van der Waals surface area contributed by atoms with Crippen LogP contribution in [0.5, 0.6) is 5.75 Å². The van der Waals surface area contributed by atoms with Gasteiger partial charge in [-0.3, -0.25) is 0 Å². The quantitative estimate of drug-likeness (QED) is 0.787. The molecule has 1 aliphatic rings. The molecule has 0 aliphatic carbocycles. The average molecular weight is 346 g/mol. The minimum absolute atomic E-state index is 0.301. The SMILES string of the molecule is Cc1cccc2c1OCCCC2Nc1cccc(Br)c1C. The molecule has 3 rings (SSSR count). The van der Waals surface area contributed by atoms with Crippen LogP contribution >= 0.6 is 15.9 Å². The number of hydrogen-bond acceptors (Lipinski definition) is 2. The standard InChI is InChI=1S/C18H20BrNO/c1-12-6-3-7-14-17(10-5-11-21-18(12)14)20-16-9-4-8-15(19)13(16)2/h3-4,6-9,17,20H,5,10-11H2,1-2H3. The molecule has 2 nitrogen and oxygen atoms in total. The highest BCUT2D eigenvalue weighted by Gasteiger charge is 2.21. The first-order valence-corrected chi connectivity index (χ1v) is 8.20. The van der Waals surface area contributed by atoms with Gasteiger partial charge >= 0.3 is 0 Å². The number of nitrogens with one attached hydrogen (secondary N) is 1. The molecule has 1 heterocycles. The van der Waals surface area contributed by atoms with Crippen LogP contribution in [-0.4, -0.2) is 6.61 Å². The molecule has 0 saturated carbocycles. The van der Waals surface area contributed by atoms with E-state index in [1.54, 1.807) is 0 Å². The second-order valence-corrected chi connectivity index (χ2v) is 6.45. The van der Waals surface area contributed by atoms with Crippen molar-refractivity contribution in [3.63, 3.8) is 0 Å². The Bertz CT molecular complexity index is 654. The lowest BCUT2D eigenvalue weighted by Crippen LogP contribution is -2.11. The minimum Gasteiger partial charge on any atom is -0.493 e. The topological polar surface area (TPSA) is 21.3 Å². The molecule has 0 bridgehead atoms. The van der Waals surface area contributed by atoms with Gasteiger partial charge in [-0.25, -0.2) is 0 Å². The van der Waals surface area contributed by atoms with Gasteiger partial charge in [-0.2, -0.15) is 0 Å². The third kappa shape index (κ3) is 2.93. The summed E-state index contributed by atoms with van der Waals surface area (Å²) >= 11 is 3.60. The van der Waals surface area contributed by atoms with Crippen molar-refractivity contribution >= 4 is 21.6 Å². The number of aryl methyl sites for hydroxylation is 1. The van der Waals surface area contributed by atoms with Gasteiger partial charge in [0.25, 0.3) is 0 Å². The van der Waals surface area contributed by atoms with Crippen LogP contribution in [0.15, 0.2) is 40.9 Å². The Kier molecular flexibility index (Phi) is 4.20. The first-order valence-electron chi connectivity index (χ1n) is 7.41. The summed E-state index contributed by atoms with van der Waals surface area (Å²) in [6, 6.07) is 13.0. The molecule has 1 aliphatic heterocycles. The second kappa shape index (κ2) is 6.10. The molecule has 0 saturated heterocycles.